The van der Waals surface area contributed by atoms with Crippen LogP contribution < -0.4 is 4.74 Å². The zero-order valence-corrected chi connectivity index (χ0v) is 12.0. The number of hydrogen-bond acceptors (Lipinski definition) is 2. The highest BCUT2D eigenvalue weighted by Crippen LogP contribution is 2.33. The average Bonchev–Trinajstić information content (AvgIpc) is 2.67. The van der Waals surface area contributed by atoms with E-state index in [1.54, 1.807) is 30.3 Å². The van der Waals surface area contributed by atoms with Gasteiger partial charge < -0.3 is 4.74 Å². The lowest BCUT2D eigenvalue weighted by Gasteiger charge is -1.98. The lowest BCUT2D eigenvalue weighted by molar-refractivity contribution is 0.101. The van der Waals surface area contributed by atoms with Crippen molar-refractivity contribution in [3.63, 3.8) is 0 Å². The molecule has 0 amide bonds. The molecule has 0 unspecified atom stereocenters. The van der Waals surface area contributed by atoms with Gasteiger partial charge in [0, 0.05) is 9.50 Å². The van der Waals surface area contributed by atoms with Crippen molar-refractivity contribution in [1.29, 1.82) is 0 Å². The Bertz CT molecular complexity index is 707. The van der Waals surface area contributed by atoms with Crippen LogP contribution in [0, 0.1) is 0 Å². The third-order valence-corrected chi connectivity index (χ3v) is 3.50. The number of carbonyl (C=O) groups excluding carboxylic acids is 1. The van der Waals surface area contributed by atoms with Gasteiger partial charge in [0.2, 0.25) is 5.78 Å². The maximum absolute atomic E-state index is 12.2. The summed E-state index contributed by atoms with van der Waals surface area (Å²) in [7, 11) is 0. The number of ether oxygens (including phenoxy) is 1. The first kappa shape index (κ1) is 12.5. The Balaban J connectivity index is 2.00. The maximum Gasteiger partial charge on any atom is 0.232 e. The van der Waals surface area contributed by atoms with Crippen molar-refractivity contribution >= 4 is 39.4 Å². The molecule has 1 aliphatic heterocycles. The largest absolute Gasteiger partial charge is 0.452 e. The Morgan fingerprint density at radius 2 is 2.00 bits per heavy atom. The monoisotopic (exact) mass is 334 g/mol. The Hall–Kier alpha value is -1.58. The molecular weight excluding hydrogens is 328 g/mol. The van der Waals surface area contributed by atoms with E-state index in [1.165, 1.54) is 0 Å². The molecule has 4 heteroatoms. The number of hydrogen-bond donors (Lipinski definition) is 0. The van der Waals surface area contributed by atoms with Crippen LogP contribution in [0.3, 0.4) is 0 Å². The molecule has 2 aromatic rings. The fraction of sp³-hybridized carbons (Fsp3) is 0. The molecule has 0 aliphatic carbocycles. The van der Waals surface area contributed by atoms with Gasteiger partial charge in [0.05, 0.1) is 5.56 Å². The number of rotatable bonds is 1. The van der Waals surface area contributed by atoms with Gasteiger partial charge in [0.1, 0.15) is 5.75 Å². The lowest BCUT2D eigenvalue weighted by atomic mass is 10.1. The molecule has 0 atom stereocenters. The minimum absolute atomic E-state index is 0.115. The van der Waals surface area contributed by atoms with Crippen LogP contribution in [0.1, 0.15) is 15.9 Å². The minimum atomic E-state index is -0.115. The zero-order valence-electron chi connectivity index (χ0n) is 9.69. The minimum Gasteiger partial charge on any atom is -0.452 e. The van der Waals surface area contributed by atoms with E-state index in [1.807, 2.05) is 18.2 Å². The molecular formula is C15H8BrClO2. The van der Waals surface area contributed by atoms with E-state index in [4.69, 9.17) is 16.3 Å². The highest BCUT2D eigenvalue weighted by molar-refractivity contribution is 9.10. The molecule has 19 heavy (non-hydrogen) atoms. The molecule has 0 bridgehead atoms. The Labute approximate surface area is 123 Å². The van der Waals surface area contributed by atoms with Gasteiger partial charge in [-0.2, -0.15) is 0 Å². The zero-order chi connectivity index (χ0) is 13.4. The summed E-state index contributed by atoms with van der Waals surface area (Å²) in [6, 6.07) is 12.6. The first-order chi connectivity index (χ1) is 9.13. The second kappa shape index (κ2) is 4.83. The summed E-state index contributed by atoms with van der Waals surface area (Å²) in [5, 5.41) is 0.625. The van der Waals surface area contributed by atoms with Crippen molar-refractivity contribution in [2.45, 2.75) is 0 Å². The molecule has 0 N–H and O–H groups in total. The number of fused-ring (bicyclic) bond motifs is 1. The molecule has 1 heterocycles. The van der Waals surface area contributed by atoms with Gasteiger partial charge in [-0.25, -0.2) is 0 Å². The molecule has 0 saturated carbocycles. The van der Waals surface area contributed by atoms with E-state index >= 15 is 0 Å². The van der Waals surface area contributed by atoms with Crippen LogP contribution in [0.25, 0.3) is 6.08 Å². The predicted molar refractivity (Wildman–Crippen MR) is 78.5 cm³/mol. The first-order valence-electron chi connectivity index (χ1n) is 5.63. The van der Waals surface area contributed by atoms with Crippen LogP contribution in [0.15, 0.2) is 52.7 Å². The quantitative estimate of drug-likeness (QED) is 0.705. The molecule has 0 fully saturated rings. The van der Waals surface area contributed by atoms with Gasteiger partial charge in [-0.05, 0) is 42.0 Å². The molecule has 94 valence electrons. The summed E-state index contributed by atoms with van der Waals surface area (Å²) in [6.45, 7) is 0. The number of allylic oxidation sites excluding steroid dienone is 1. The van der Waals surface area contributed by atoms with E-state index < -0.39 is 0 Å². The molecule has 2 nitrogen and oxygen atoms in total. The fourth-order valence-electron chi connectivity index (χ4n) is 1.91. The SMILES string of the molecule is O=C1/C(=C/c2cccc(Cl)c2)Oc2ccc(Br)cc21. The van der Waals surface area contributed by atoms with Crippen molar-refractivity contribution in [2.24, 2.45) is 0 Å². The first-order valence-corrected chi connectivity index (χ1v) is 6.80. The summed E-state index contributed by atoms with van der Waals surface area (Å²) in [5.41, 5.74) is 1.41. The highest BCUT2D eigenvalue weighted by Gasteiger charge is 2.27. The van der Waals surface area contributed by atoms with Gasteiger partial charge in [0.15, 0.2) is 5.76 Å². The number of Topliss-reactive ketones (excluding diaryl/α,β-unsaturated/α-hetero) is 1. The number of ketones is 1. The summed E-state index contributed by atoms with van der Waals surface area (Å²) in [5.74, 6) is 0.785. The number of benzene rings is 2. The van der Waals surface area contributed by atoms with E-state index in [0.717, 1.165) is 10.0 Å². The topological polar surface area (TPSA) is 26.3 Å². The standard InChI is InChI=1S/C15H8BrClO2/c16-10-4-5-13-12(8-10)15(18)14(19-13)7-9-2-1-3-11(17)6-9/h1-8H/b14-7-. The summed E-state index contributed by atoms with van der Waals surface area (Å²) >= 11 is 9.26. The average molecular weight is 336 g/mol. The van der Waals surface area contributed by atoms with Gasteiger partial charge >= 0.3 is 0 Å². The molecule has 0 saturated heterocycles. The molecule has 0 radical (unpaired) electrons. The third-order valence-electron chi connectivity index (χ3n) is 2.78. The Morgan fingerprint density at radius 3 is 2.79 bits per heavy atom. The molecule has 0 aromatic heterocycles. The molecule has 0 spiro atoms. The van der Waals surface area contributed by atoms with E-state index in [0.29, 0.717) is 22.1 Å². The van der Waals surface area contributed by atoms with Crippen LogP contribution >= 0.6 is 27.5 Å². The van der Waals surface area contributed by atoms with Crippen LogP contribution in [-0.4, -0.2) is 5.78 Å². The second-order valence-electron chi connectivity index (χ2n) is 4.14. The lowest BCUT2D eigenvalue weighted by Crippen LogP contribution is -1.98. The van der Waals surface area contributed by atoms with Crippen LogP contribution in [0.2, 0.25) is 5.02 Å². The second-order valence-corrected chi connectivity index (χ2v) is 5.49. The van der Waals surface area contributed by atoms with Crippen molar-refractivity contribution in [3.05, 3.63) is 68.8 Å². The van der Waals surface area contributed by atoms with Gasteiger partial charge in [-0.1, -0.05) is 39.7 Å². The summed E-state index contributed by atoms with van der Waals surface area (Å²) in [6.07, 6.45) is 1.70. The van der Waals surface area contributed by atoms with Gasteiger partial charge in [-0.3, -0.25) is 4.79 Å². The number of halogens is 2. The molecule has 1 aliphatic rings. The van der Waals surface area contributed by atoms with Crippen molar-refractivity contribution in [1.82, 2.24) is 0 Å². The maximum atomic E-state index is 12.2. The molecule has 3 rings (SSSR count). The van der Waals surface area contributed by atoms with Crippen molar-refractivity contribution < 1.29 is 9.53 Å². The summed E-state index contributed by atoms with van der Waals surface area (Å²) < 4.78 is 6.42. The Morgan fingerprint density at radius 1 is 1.16 bits per heavy atom. The van der Waals surface area contributed by atoms with E-state index in [-0.39, 0.29) is 5.78 Å². The predicted octanol–water partition coefficient (Wildman–Crippen LogP) is 4.72. The normalized spacial score (nSPS) is 15.5. The van der Waals surface area contributed by atoms with Crippen molar-refractivity contribution in [3.8, 4) is 5.75 Å². The van der Waals surface area contributed by atoms with Crippen LogP contribution in [-0.2, 0) is 0 Å². The third kappa shape index (κ3) is 2.44. The van der Waals surface area contributed by atoms with Crippen LogP contribution in [0.4, 0.5) is 0 Å². The fourth-order valence-corrected chi connectivity index (χ4v) is 2.47. The van der Waals surface area contributed by atoms with Gasteiger partial charge in [0.25, 0.3) is 0 Å². The number of carbonyl (C=O) groups is 1. The summed E-state index contributed by atoms with van der Waals surface area (Å²) in [4.78, 5) is 12.2. The van der Waals surface area contributed by atoms with E-state index in [2.05, 4.69) is 15.9 Å². The smallest absolute Gasteiger partial charge is 0.232 e. The Kier molecular flexibility index (Phi) is 3.17. The van der Waals surface area contributed by atoms with E-state index in [9.17, 15) is 4.79 Å². The highest BCUT2D eigenvalue weighted by atomic mass is 79.9. The van der Waals surface area contributed by atoms with Gasteiger partial charge in [-0.15, -0.1) is 0 Å². The van der Waals surface area contributed by atoms with Crippen LogP contribution in [0.5, 0.6) is 5.75 Å². The van der Waals surface area contributed by atoms with Crippen molar-refractivity contribution in [2.75, 3.05) is 0 Å². The molecule has 2 aromatic carbocycles.